The minimum absolute atomic E-state index is 0.278. The predicted molar refractivity (Wildman–Crippen MR) is 144 cm³/mol. The number of carbonyl (C=O) groups excluding carboxylic acids is 1. The first-order chi connectivity index (χ1) is 17.2. The van der Waals surface area contributed by atoms with Gasteiger partial charge in [-0.1, -0.05) is 18.2 Å². The molecule has 0 radical (unpaired) electrons. The maximum Gasteiger partial charge on any atom is 0.247 e. The van der Waals surface area contributed by atoms with E-state index in [4.69, 9.17) is 21.1 Å². The van der Waals surface area contributed by atoms with E-state index < -0.39 is 0 Å². The van der Waals surface area contributed by atoms with Gasteiger partial charge in [-0.15, -0.1) is 0 Å². The Morgan fingerprint density at radius 3 is 2.50 bits per heavy atom. The van der Waals surface area contributed by atoms with Crippen LogP contribution in [0.4, 0.5) is 23.0 Å². The molecule has 3 aromatic rings. The molecule has 0 fully saturated rings. The zero-order valence-corrected chi connectivity index (χ0v) is 21.8. The molecule has 0 aliphatic heterocycles. The summed E-state index contributed by atoms with van der Waals surface area (Å²) in [7, 11) is 9.10. The SMILES string of the molecule is C=CC(=O)Nc1cc(Nc2ncnc(-c3ccc(OC)cc3Cl)n2)c(OC)cc1N(C)CCN(C)C. The quantitative estimate of drug-likeness (QED) is 0.368. The number of ether oxygens (including phenoxy) is 2. The van der Waals surface area contributed by atoms with Gasteiger partial charge in [0.25, 0.3) is 0 Å². The van der Waals surface area contributed by atoms with E-state index in [-0.39, 0.29) is 11.9 Å². The molecule has 2 N–H and O–H groups in total. The Kier molecular flexibility index (Phi) is 9.04. The smallest absolute Gasteiger partial charge is 0.247 e. The Morgan fingerprint density at radius 2 is 1.86 bits per heavy atom. The van der Waals surface area contributed by atoms with Crippen LogP contribution in [0.3, 0.4) is 0 Å². The van der Waals surface area contributed by atoms with Crippen LogP contribution in [0.15, 0.2) is 49.3 Å². The van der Waals surface area contributed by atoms with Crippen molar-refractivity contribution in [1.29, 1.82) is 0 Å². The summed E-state index contributed by atoms with van der Waals surface area (Å²) in [6.07, 6.45) is 2.61. The number of rotatable bonds is 11. The third kappa shape index (κ3) is 6.61. The molecule has 11 heteroatoms. The number of methoxy groups -OCH3 is 2. The van der Waals surface area contributed by atoms with Gasteiger partial charge in [0.1, 0.15) is 17.8 Å². The highest BCUT2D eigenvalue weighted by molar-refractivity contribution is 6.33. The maximum absolute atomic E-state index is 12.2. The number of hydrogen-bond acceptors (Lipinski definition) is 9. The standard InChI is InChI=1S/C25H30ClN7O3/c1-7-23(34)29-19-13-20(22(36-6)14-21(19)33(4)11-10-32(2)3)30-25-28-15-27-24(31-25)17-9-8-16(35-5)12-18(17)26/h7-9,12-15H,1,10-11H2,2-6H3,(H,29,34)(H,27,28,30,31). The second-order valence-corrected chi connectivity index (χ2v) is 8.50. The van der Waals surface area contributed by atoms with Gasteiger partial charge in [0.2, 0.25) is 11.9 Å². The van der Waals surface area contributed by atoms with Crippen molar-refractivity contribution >= 4 is 40.5 Å². The largest absolute Gasteiger partial charge is 0.497 e. The Labute approximate surface area is 215 Å². The predicted octanol–water partition coefficient (Wildman–Crippen LogP) is 4.08. The lowest BCUT2D eigenvalue weighted by atomic mass is 10.2. The summed E-state index contributed by atoms with van der Waals surface area (Å²) in [5.41, 5.74) is 2.55. The van der Waals surface area contributed by atoms with Crippen LogP contribution in [0.5, 0.6) is 11.5 Å². The summed E-state index contributed by atoms with van der Waals surface area (Å²) >= 11 is 6.40. The van der Waals surface area contributed by atoms with Crippen molar-refractivity contribution in [3.8, 4) is 22.9 Å². The van der Waals surface area contributed by atoms with Crippen molar-refractivity contribution in [2.75, 3.05) is 64.0 Å². The molecule has 2 aromatic carbocycles. The molecule has 0 bridgehead atoms. The Balaban J connectivity index is 1.98. The number of aromatic nitrogens is 3. The van der Waals surface area contributed by atoms with E-state index in [1.807, 2.05) is 32.1 Å². The van der Waals surface area contributed by atoms with Crippen LogP contribution in [-0.4, -0.2) is 74.2 Å². The molecule has 1 amide bonds. The topological polar surface area (TPSA) is 105 Å². The van der Waals surface area contributed by atoms with Gasteiger partial charge in [0.15, 0.2) is 5.82 Å². The number of nitrogens with one attached hydrogen (secondary N) is 2. The third-order valence-electron chi connectivity index (χ3n) is 5.29. The molecule has 190 valence electrons. The fourth-order valence-electron chi connectivity index (χ4n) is 3.32. The van der Waals surface area contributed by atoms with E-state index in [1.54, 1.807) is 38.5 Å². The molecule has 0 aliphatic rings. The molecule has 0 aliphatic carbocycles. The van der Waals surface area contributed by atoms with Gasteiger partial charge in [-0.25, -0.2) is 9.97 Å². The van der Waals surface area contributed by atoms with Crippen molar-refractivity contribution in [1.82, 2.24) is 19.9 Å². The first kappa shape index (κ1) is 26.7. The van der Waals surface area contributed by atoms with Crippen LogP contribution in [0.1, 0.15) is 0 Å². The molecule has 1 aromatic heterocycles. The van der Waals surface area contributed by atoms with Gasteiger partial charge >= 0.3 is 0 Å². The normalized spacial score (nSPS) is 10.6. The van der Waals surface area contributed by atoms with E-state index >= 15 is 0 Å². The average molecular weight is 512 g/mol. The van der Waals surface area contributed by atoms with Gasteiger partial charge in [-0.3, -0.25) is 4.79 Å². The third-order valence-corrected chi connectivity index (χ3v) is 5.60. The summed E-state index contributed by atoms with van der Waals surface area (Å²) in [5, 5.41) is 6.48. The fraction of sp³-hybridized carbons (Fsp3) is 0.280. The number of carbonyl (C=O) groups is 1. The van der Waals surface area contributed by atoms with Crippen LogP contribution in [0.25, 0.3) is 11.4 Å². The van der Waals surface area contributed by atoms with E-state index in [0.717, 1.165) is 18.8 Å². The molecule has 0 saturated carbocycles. The van der Waals surface area contributed by atoms with Crippen molar-refractivity contribution < 1.29 is 14.3 Å². The molecular weight excluding hydrogens is 482 g/mol. The van der Waals surface area contributed by atoms with E-state index in [9.17, 15) is 4.79 Å². The number of hydrogen-bond donors (Lipinski definition) is 2. The summed E-state index contributed by atoms with van der Waals surface area (Å²) in [4.78, 5) is 29.3. The molecule has 0 unspecified atom stereocenters. The minimum Gasteiger partial charge on any atom is -0.497 e. The number of amides is 1. The van der Waals surface area contributed by atoms with Crippen molar-refractivity contribution in [3.05, 3.63) is 54.3 Å². The van der Waals surface area contributed by atoms with Gasteiger partial charge in [0.05, 0.1) is 36.3 Å². The lowest BCUT2D eigenvalue weighted by molar-refractivity contribution is -0.111. The maximum atomic E-state index is 12.2. The van der Waals surface area contributed by atoms with Gasteiger partial charge in [0, 0.05) is 31.8 Å². The first-order valence-electron chi connectivity index (χ1n) is 11.1. The second kappa shape index (κ2) is 12.2. The van der Waals surface area contributed by atoms with E-state index in [0.29, 0.717) is 39.3 Å². The van der Waals surface area contributed by atoms with Crippen LogP contribution < -0.4 is 25.0 Å². The van der Waals surface area contributed by atoms with E-state index in [2.05, 4.69) is 37.1 Å². The van der Waals surface area contributed by atoms with E-state index in [1.165, 1.54) is 12.4 Å². The Morgan fingerprint density at radius 1 is 1.08 bits per heavy atom. The highest BCUT2D eigenvalue weighted by atomic mass is 35.5. The summed E-state index contributed by atoms with van der Waals surface area (Å²) in [6, 6.07) is 8.87. The number of halogens is 1. The lowest BCUT2D eigenvalue weighted by Gasteiger charge is -2.26. The zero-order valence-electron chi connectivity index (χ0n) is 21.0. The highest BCUT2D eigenvalue weighted by Crippen LogP contribution is 2.38. The van der Waals surface area contributed by atoms with Gasteiger partial charge in [-0.05, 0) is 44.4 Å². The molecule has 36 heavy (non-hydrogen) atoms. The van der Waals surface area contributed by atoms with Crippen molar-refractivity contribution in [2.24, 2.45) is 0 Å². The molecule has 0 saturated heterocycles. The number of benzene rings is 2. The average Bonchev–Trinajstić information content (AvgIpc) is 2.87. The zero-order chi connectivity index (χ0) is 26.2. The molecule has 1 heterocycles. The molecular formula is C25H30ClN7O3. The second-order valence-electron chi connectivity index (χ2n) is 8.09. The molecule has 10 nitrogen and oxygen atoms in total. The van der Waals surface area contributed by atoms with Crippen LogP contribution in [0, 0.1) is 0 Å². The molecule has 0 spiro atoms. The fourth-order valence-corrected chi connectivity index (χ4v) is 3.57. The summed E-state index contributed by atoms with van der Waals surface area (Å²) in [5.74, 6) is 1.51. The monoisotopic (exact) mass is 511 g/mol. The summed E-state index contributed by atoms with van der Waals surface area (Å²) < 4.78 is 10.8. The number of nitrogens with zero attached hydrogens (tertiary/aromatic N) is 5. The summed E-state index contributed by atoms with van der Waals surface area (Å²) in [6.45, 7) is 5.12. The minimum atomic E-state index is -0.329. The van der Waals surface area contributed by atoms with Gasteiger partial charge < -0.3 is 29.9 Å². The van der Waals surface area contributed by atoms with Crippen LogP contribution in [-0.2, 0) is 4.79 Å². The van der Waals surface area contributed by atoms with Crippen LogP contribution in [0.2, 0.25) is 5.02 Å². The Hall–Kier alpha value is -3.89. The molecule has 0 atom stereocenters. The van der Waals surface area contributed by atoms with Crippen molar-refractivity contribution in [2.45, 2.75) is 0 Å². The first-order valence-corrected chi connectivity index (χ1v) is 11.4. The molecule has 3 rings (SSSR count). The van der Waals surface area contributed by atoms with Crippen LogP contribution >= 0.6 is 11.6 Å². The lowest BCUT2D eigenvalue weighted by Crippen LogP contribution is -2.29. The number of likely N-dealkylation sites (N-methyl/N-ethyl adjacent to an activating group) is 2. The highest BCUT2D eigenvalue weighted by Gasteiger charge is 2.17. The number of anilines is 4. The van der Waals surface area contributed by atoms with Crippen molar-refractivity contribution in [3.63, 3.8) is 0 Å². The van der Waals surface area contributed by atoms with Gasteiger partial charge in [-0.2, -0.15) is 4.98 Å². The Bertz CT molecular complexity index is 1240.